The first-order chi connectivity index (χ1) is 13.6. The fraction of sp³-hybridized carbons (Fsp3) is 0.500. The summed E-state index contributed by atoms with van der Waals surface area (Å²) in [6.45, 7) is 6.56. The molecule has 0 radical (unpaired) electrons. The molecule has 1 saturated heterocycles. The number of anilines is 1. The van der Waals surface area contributed by atoms with Gasteiger partial charge >= 0.3 is 0 Å². The number of ether oxygens (including phenoxy) is 1. The molecule has 2 aromatic rings. The molecule has 3 rings (SSSR count). The SMILES string of the molecule is CCn1nc(C(=O)NCCOc2cc(N3CCN(C)CC3)ncn2)ccc1=O. The topological polar surface area (TPSA) is 105 Å². The molecule has 28 heavy (non-hydrogen) atoms. The van der Waals surface area contributed by atoms with Crippen LogP contribution < -0.4 is 20.5 Å². The summed E-state index contributed by atoms with van der Waals surface area (Å²) in [7, 11) is 2.10. The van der Waals surface area contributed by atoms with Crippen molar-refractivity contribution in [3.05, 3.63) is 40.6 Å². The largest absolute Gasteiger partial charge is 0.476 e. The number of nitrogens with zero attached hydrogens (tertiary/aromatic N) is 6. The van der Waals surface area contributed by atoms with Crippen LogP contribution in [0.1, 0.15) is 17.4 Å². The molecule has 0 unspecified atom stereocenters. The Kier molecular flexibility index (Phi) is 6.53. The van der Waals surface area contributed by atoms with Gasteiger partial charge in [-0.05, 0) is 20.0 Å². The molecule has 10 heteroatoms. The number of piperazine rings is 1. The molecular weight excluding hydrogens is 362 g/mol. The van der Waals surface area contributed by atoms with E-state index < -0.39 is 0 Å². The number of carbonyl (C=O) groups excluding carboxylic acids is 1. The fourth-order valence-electron chi connectivity index (χ4n) is 2.82. The molecule has 10 nitrogen and oxygen atoms in total. The minimum absolute atomic E-state index is 0.195. The van der Waals surface area contributed by atoms with Gasteiger partial charge in [-0.25, -0.2) is 14.6 Å². The zero-order valence-corrected chi connectivity index (χ0v) is 16.2. The van der Waals surface area contributed by atoms with E-state index in [9.17, 15) is 9.59 Å². The molecule has 0 saturated carbocycles. The van der Waals surface area contributed by atoms with Gasteiger partial charge in [-0.1, -0.05) is 0 Å². The van der Waals surface area contributed by atoms with Crippen LogP contribution in [0.4, 0.5) is 5.82 Å². The van der Waals surface area contributed by atoms with Crippen molar-refractivity contribution in [3.8, 4) is 5.88 Å². The Morgan fingerprint density at radius 3 is 2.75 bits per heavy atom. The lowest BCUT2D eigenvalue weighted by molar-refractivity contribution is 0.0939. The first-order valence-electron chi connectivity index (χ1n) is 9.31. The number of hydrogen-bond donors (Lipinski definition) is 1. The number of likely N-dealkylation sites (N-methyl/N-ethyl adjacent to an activating group) is 1. The van der Waals surface area contributed by atoms with E-state index in [-0.39, 0.29) is 23.8 Å². The Balaban J connectivity index is 1.48. The van der Waals surface area contributed by atoms with Crippen molar-refractivity contribution < 1.29 is 9.53 Å². The first kappa shape index (κ1) is 19.7. The summed E-state index contributed by atoms with van der Waals surface area (Å²) >= 11 is 0. The van der Waals surface area contributed by atoms with Crippen LogP contribution in [0.5, 0.6) is 5.88 Å². The minimum Gasteiger partial charge on any atom is -0.476 e. The van der Waals surface area contributed by atoms with Crippen LogP contribution in [0.3, 0.4) is 0 Å². The lowest BCUT2D eigenvalue weighted by atomic mass is 10.3. The molecule has 0 aliphatic carbocycles. The summed E-state index contributed by atoms with van der Waals surface area (Å²) in [6.07, 6.45) is 1.49. The summed E-state index contributed by atoms with van der Waals surface area (Å²) in [5.41, 5.74) is -0.0388. The van der Waals surface area contributed by atoms with Crippen molar-refractivity contribution in [1.82, 2.24) is 30.0 Å². The second kappa shape index (κ2) is 9.27. The standard InChI is InChI=1S/C18H25N7O3/c1-3-25-17(26)5-4-14(22-25)18(27)19-6-11-28-16-12-15(20-13-21-16)24-9-7-23(2)8-10-24/h4-5,12-13H,3,6-11H2,1-2H3,(H,19,27). The maximum atomic E-state index is 12.1. The molecule has 1 N–H and O–H groups in total. The van der Waals surface area contributed by atoms with Crippen molar-refractivity contribution >= 4 is 11.7 Å². The molecule has 1 aliphatic rings. The Morgan fingerprint density at radius 1 is 1.21 bits per heavy atom. The lowest BCUT2D eigenvalue weighted by Gasteiger charge is -2.33. The van der Waals surface area contributed by atoms with Crippen LogP contribution >= 0.6 is 0 Å². The number of nitrogens with one attached hydrogen (secondary N) is 1. The maximum Gasteiger partial charge on any atom is 0.271 e. The van der Waals surface area contributed by atoms with Gasteiger partial charge in [0.2, 0.25) is 5.88 Å². The average Bonchev–Trinajstić information content (AvgIpc) is 2.72. The van der Waals surface area contributed by atoms with Gasteiger partial charge in [0.1, 0.15) is 24.4 Å². The van der Waals surface area contributed by atoms with E-state index in [1.807, 2.05) is 6.07 Å². The highest BCUT2D eigenvalue weighted by Gasteiger charge is 2.16. The van der Waals surface area contributed by atoms with E-state index >= 15 is 0 Å². The van der Waals surface area contributed by atoms with Gasteiger partial charge < -0.3 is 19.9 Å². The molecule has 1 fully saturated rings. The lowest BCUT2D eigenvalue weighted by Crippen LogP contribution is -2.44. The molecule has 0 atom stereocenters. The van der Waals surface area contributed by atoms with Crippen molar-refractivity contribution in [2.75, 3.05) is 51.3 Å². The average molecular weight is 387 g/mol. The quantitative estimate of drug-likeness (QED) is 0.641. The van der Waals surface area contributed by atoms with Gasteiger partial charge in [0.05, 0.1) is 6.54 Å². The molecule has 0 spiro atoms. The molecule has 0 aromatic carbocycles. The smallest absolute Gasteiger partial charge is 0.271 e. The minimum atomic E-state index is -0.355. The third-order valence-electron chi connectivity index (χ3n) is 4.49. The second-order valence-electron chi connectivity index (χ2n) is 6.48. The van der Waals surface area contributed by atoms with Gasteiger partial charge in [-0.2, -0.15) is 5.10 Å². The first-order valence-corrected chi connectivity index (χ1v) is 9.31. The second-order valence-corrected chi connectivity index (χ2v) is 6.48. The van der Waals surface area contributed by atoms with E-state index in [2.05, 4.69) is 37.2 Å². The Hall–Kier alpha value is -3.01. The predicted octanol–water partition coefficient (Wildman–Crippen LogP) is -0.386. The normalized spacial score (nSPS) is 14.7. The molecular formula is C18H25N7O3. The predicted molar refractivity (Wildman–Crippen MR) is 104 cm³/mol. The maximum absolute atomic E-state index is 12.1. The van der Waals surface area contributed by atoms with Gasteiger partial charge in [-0.15, -0.1) is 0 Å². The highest BCUT2D eigenvalue weighted by molar-refractivity contribution is 5.91. The number of rotatable bonds is 7. The number of amides is 1. The zero-order valence-electron chi connectivity index (χ0n) is 16.2. The molecule has 1 amide bonds. The van der Waals surface area contributed by atoms with E-state index in [4.69, 9.17) is 4.74 Å². The van der Waals surface area contributed by atoms with Crippen molar-refractivity contribution in [1.29, 1.82) is 0 Å². The van der Waals surface area contributed by atoms with Crippen LogP contribution in [0.15, 0.2) is 29.3 Å². The van der Waals surface area contributed by atoms with E-state index in [0.717, 1.165) is 32.0 Å². The Bertz CT molecular complexity index is 862. The van der Waals surface area contributed by atoms with E-state index in [1.54, 1.807) is 6.92 Å². The fourth-order valence-corrected chi connectivity index (χ4v) is 2.82. The summed E-state index contributed by atoms with van der Waals surface area (Å²) in [5.74, 6) is 0.954. The van der Waals surface area contributed by atoms with Gasteiger partial charge in [-0.3, -0.25) is 9.59 Å². The highest BCUT2D eigenvalue weighted by Crippen LogP contribution is 2.17. The van der Waals surface area contributed by atoms with Gasteiger partial charge in [0.15, 0.2) is 0 Å². The monoisotopic (exact) mass is 387 g/mol. The molecule has 2 aromatic heterocycles. The zero-order chi connectivity index (χ0) is 19.9. The van der Waals surface area contributed by atoms with Crippen molar-refractivity contribution in [2.45, 2.75) is 13.5 Å². The summed E-state index contributed by atoms with van der Waals surface area (Å²) in [5, 5.41) is 6.74. The van der Waals surface area contributed by atoms with Crippen molar-refractivity contribution in [3.63, 3.8) is 0 Å². The van der Waals surface area contributed by atoms with Crippen LogP contribution in [-0.2, 0) is 6.54 Å². The van der Waals surface area contributed by atoms with Crippen LogP contribution in [0, 0.1) is 0 Å². The van der Waals surface area contributed by atoms with Crippen LogP contribution in [-0.4, -0.2) is 76.9 Å². The molecule has 150 valence electrons. The van der Waals surface area contributed by atoms with E-state index in [1.165, 1.54) is 23.1 Å². The summed E-state index contributed by atoms with van der Waals surface area (Å²) in [4.78, 5) is 36.6. The number of hydrogen-bond acceptors (Lipinski definition) is 8. The summed E-state index contributed by atoms with van der Waals surface area (Å²) < 4.78 is 6.87. The third-order valence-corrected chi connectivity index (χ3v) is 4.49. The van der Waals surface area contributed by atoms with E-state index in [0.29, 0.717) is 19.0 Å². The third kappa shape index (κ3) is 5.03. The Labute approximate surface area is 163 Å². The Morgan fingerprint density at radius 2 is 2.00 bits per heavy atom. The number of carbonyl (C=O) groups is 1. The molecule has 0 bridgehead atoms. The molecule has 1 aliphatic heterocycles. The van der Waals surface area contributed by atoms with Crippen LogP contribution in [0.2, 0.25) is 0 Å². The highest BCUT2D eigenvalue weighted by atomic mass is 16.5. The molecule has 3 heterocycles. The van der Waals surface area contributed by atoms with Crippen LogP contribution in [0.25, 0.3) is 0 Å². The summed E-state index contributed by atoms with van der Waals surface area (Å²) in [6, 6.07) is 4.56. The number of aromatic nitrogens is 4. The van der Waals surface area contributed by atoms with Gasteiger partial charge in [0, 0.05) is 44.9 Å². The number of aryl methyl sites for hydroxylation is 1. The van der Waals surface area contributed by atoms with Crippen molar-refractivity contribution in [2.24, 2.45) is 0 Å². The van der Waals surface area contributed by atoms with Gasteiger partial charge in [0.25, 0.3) is 11.5 Å².